The third-order valence-corrected chi connectivity index (χ3v) is 5.89. The van der Waals surface area contributed by atoms with Crippen LogP contribution in [0.15, 0.2) is 54.1 Å². The second-order valence-corrected chi connectivity index (χ2v) is 10.4. The zero-order valence-corrected chi connectivity index (χ0v) is 17.7. The number of pyridine rings is 1. The van der Waals surface area contributed by atoms with Gasteiger partial charge in [0.1, 0.15) is 21.7 Å². The molecule has 1 aromatic carbocycles. The molecule has 0 fully saturated rings. The van der Waals surface area contributed by atoms with Crippen molar-refractivity contribution in [2.24, 2.45) is 0 Å². The number of sulfone groups is 1. The van der Waals surface area contributed by atoms with Crippen LogP contribution in [0.1, 0.15) is 17.5 Å². The van der Waals surface area contributed by atoms with E-state index in [4.69, 9.17) is 0 Å². The van der Waals surface area contributed by atoms with E-state index in [2.05, 4.69) is 15.0 Å². The molecule has 0 aliphatic rings. The highest BCUT2D eigenvalue weighted by molar-refractivity contribution is 7.92. The van der Waals surface area contributed by atoms with Crippen LogP contribution in [0.3, 0.4) is 0 Å². The highest BCUT2D eigenvalue weighted by Gasteiger charge is 2.25. The molecule has 2 aromatic rings. The highest BCUT2D eigenvalue weighted by Crippen LogP contribution is 2.09. The minimum atomic E-state index is -4.00. The van der Waals surface area contributed by atoms with Crippen molar-refractivity contribution in [2.75, 3.05) is 17.3 Å². The summed E-state index contributed by atoms with van der Waals surface area (Å²) in [6, 6.07) is 10.9. The lowest BCUT2D eigenvalue weighted by molar-refractivity contribution is -0.117. The Bertz CT molecular complexity index is 1080. The number of nitrogens with zero attached hydrogens (tertiary/aromatic N) is 1. The van der Waals surface area contributed by atoms with Gasteiger partial charge in [0.25, 0.3) is 0 Å². The molecular weight excluding hydrogens is 414 g/mol. The maximum Gasteiger partial charge on any atom is 0.243 e. The monoisotopic (exact) mass is 437 g/mol. The van der Waals surface area contributed by atoms with Crippen molar-refractivity contribution in [2.45, 2.75) is 19.4 Å². The van der Waals surface area contributed by atoms with E-state index in [1.807, 2.05) is 6.92 Å². The summed E-state index contributed by atoms with van der Waals surface area (Å²) in [5.74, 6) is -0.793. The van der Waals surface area contributed by atoms with Crippen LogP contribution in [0.5, 0.6) is 0 Å². The van der Waals surface area contributed by atoms with E-state index in [0.29, 0.717) is 5.56 Å². The molecule has 8 nitrogen and oxygen atoms in total. The Morgan fingerprint density at radius 3 is 2.45 bits per heavy atom. The van der Waals surface area contributed by atoms with Gasteiger partial charge in [-0.05, 0) is 42.7 Å². The van der Waals surface area contributed by atoms with Gasteiger partial charge in [-0.25, -0.2) is 21.8 Å². The van der Waals surface area contributed by atoms with Gasteiger partial charge in [0.15, 0.2) is 0 Å². The van der Waals surface area contributed by atoms with Crippen molar-refractivity contribution in [3.8, 4) is 0 Å². The Labute approximate surface area is 171 Å². The fourth-order valence-electron chi connectivity index (χ4n) is 2.36. The second-order valence-electron chi connectivity index (χ2n) is 6.56. The lowest BCUT2D eigenvalue weighted by Gasteiger charge is -2.17. The zero-order chi connectivity index (χ0) is 21.5. The van der Waals surface area contributed by atoms with E-state index < -0.39 is 31.8 Å². The van der Waals surface area contributed by atoms with Gasteiger partial charge in [0.05, 0.1) is 5.75 Å². The number of nitrogens with one attached hydrogen (secondary N) is 2. The number of aryl methyl sites for hydroxylation is 1. The number of aromatic nitrogens is 1. The third kappa shape index (κ3) is 8.55. The van der Waals surface area contributed by atoms with Crippen LogP contribution in [-0.4, -0.2) is 45.8 Å². The number of amides is 1. The van der Waals surface area contributed by atoms with E-state index in [9.17, 15) is 21.6 Å². The van der Waals surface area contributed by atoms with Gasteiger partial charge in [-0.1, -0.05) is 30.3 Å². The van der Waals surface area contributed by atoms with Crippen molar-refractivity contribution in [3.63, 3.8) is 0 Å². The van der Waals surface area contributed by atoms with Crippen LogP contribution in [0.2, 0.25) is 0 Å². The predicted molar refractivity (Wildman–Crippen MR) is 113 cm³/mol. The molecule has 1 atom stereocenters. The van der Waals surface area contributed by atoms with Crippen LogP contribution < -0.4 is 10.0 Å². The van der Waals surface area contributed by atoms with Crippen LogP contribution in [0, 0.1) is 6.92 Å². The second kappa shape index (κ2) is 9.77. The molecule has 0 aliphatic carbocycles. The minimum Gasteiger partial charge on any atom is -0.309 e. The molecule has 1 heterocycles. The Kier molecular flexibility index (Phi) is 7.66. The van der Waals surface area contributed by atoms with Gasteiger partial charge in [-0.15, -0.1) is 0 Å². The summed E-state index contributed by atoms with van der Waals surface area (Å²) in [5, 5.41) is 3.46. The summed E-state index contributed by atoms with van der Waals surface area (Å²) < 4.78 is 50.1. The van der Waals surface area contributed by atoms with Crippen LogP contribution >= 0.6 is 0 Å². The molecule has 1 amide bonds. The Balaban J connectivity index is 2.17. The standard InChI is InChI=1S/C19H23N3O5S2/c1-15-8-11-20-18(14-15)21-19(23)17(10-12-28(2,24)25)22-29(26,27)13-9-16-6-4-3-5-7-16/h3-9,11,13-14,17,22H,10,12H2,1-2H3,(H,20,21,23)/b13-9+. The molecule has 0 spiro atoms. The smallest absolute Gasteiger partial charge is 0.243 e. The first-order chi connectivity index (χ1) is 13.5. The average Bonchev–Trinajstić information content (AvgIpc) is 2.64. The van der Waals surface area contributed by atoms with Gasteiger partial charge in [0, 0.05) is 17.9 Å². The first kappa shape index (κ1) is 22.7. The molecule has 29 heavy (non-hydrogen) atoms. The predicted octanol–water partition coefficient (Wildman–Crippen LogP) is 1.72. The largest absolute Gasteiger partial charge is 0.309 e. The van der Waals surface area contributed by atoms with Crippen molar-refractivity contribution in [1.29, 1.82) is 0 Å². The van der Waals surface area contributed by atoms with Gasteiger partial charge in [-0.2, -0.15) is 4.72 Å². The summed E-state index contributed by atoms with van der Waals surface area (Å²) in [6.45, 7) is 1.82. The van der Waals surface area contributed by atoms with E-state index in [0.717, 1.165) is 17.2 Å². The van der Waals surface area contributed by atoms with Crippen molar-refractivity contribution >= 4 is 37.7 Å². The van der Waals surface area contributed by atoms with Crippen LogP contribution in [-0.2, 0) is 24.7 Å². The highest BCUT2D eigenvalue weighted by atomic mass is 32.2. The number of hydrogen-bond acceptors (Lipinski definition) is 6. The molecule has 1 aromatic heterocycles. The SMILES string of the molecule is Cc1ccnc(NC(=O)C(CCS(C)(=O)=O)NS(=O)(=O)/C=C/c2ccccc2)c1. The first-order valence-electron chi connectivity index (χ1n) is 8.71. The molecule has 0 bridgehead atoms. The van der Waals surface area contributed by atoms with E-state index in [1.165, 1.54) is 12.3 Å². The van der Waals surface area contributed by atoms with Crippen molar-refractivity contribution in [1.82, 2.24) is 9.71 Å². The normalized spacial score (nSPS) is 13.3. The van der Waals surface area contributed by atoms with Crippen LogP contribution in [0.4, 0.5) is 5.82 Å². The third-order valence-electron chi connectivity index (χ3n) is 3.81. The maximum atomic E-state index is 12.6. The summed E-state index contributed by atoms with van der Waals surface area (Å²) in [5.41, 5.74) is 1.52. The van der Waals surface area contributed by atoms with Gasteiger partial charge < -0.3 is 5.32 Å². The molecule has 0 radical (unpaired) electrons. The Hall–Kier alpha value is -2.56. The zero-order valence-electron chi connectivity index (χ0n) is 16.1. The summed E-state index contributed by atoms with van der Waals surface area (Å²) in [7, 11) is -7.39. The quantitative estimate of drug-likeness (QED) is 0.616. The fourth-order valence-corrected chi connectivity index (χ4v) is 4.06. The summed E-state index contributed by atoms with van der Waals surface area (Å²) in [4.78, 5) is 16.6. The summed E-state index contributed by atoms with van der Waals surface area (Å²) >= 11 is 0. The lowest BCUT2D eigenvalue weighted by atomic mass is 10.2. The maximum absolute atomic E-state index is 12.6. The molecule has 156 valence electrons. The van der Waals surface area contributed by atoms with Gasteiger partial charge in [0.2, 0.25) is 15.9 Å². The fraction of sp³-hybridized carbons (Fsp3) is 0.263. The number of sulfonamides is 1. The minimum absolute atomic E-state index is 0.213. The van der Waals surface area contributed by atoms with E-state index in [-0.39, 0.29) is 18.0 Å². The number of anilines is 1. The molecule has 0 aliphatic heterocycles. The molecule has 0 saturated heterocycles. The Morgan fingerprint density at radius 2 is 1.83 bits per heavy atom. The molecule has 1 unspecified atom stereocenters. The molecule has 10 heteroatoms. The molecule has 0 saturated carbocycles. The Morgan fingerprint density at radius 1 is 1.14 bits per heavy atom. The van der Waals surface area contributed by atoms with Gasteiger partial charge in [-0.3, -0.25) is 4.79 Å². The van der Waals surface area contributed by atoms with Crippen molar-refractivity contribution in [3.05, 3.63) is 65.2 Å². The average molecular weight is 438 g/mol. The van der Waals surface area contributed by atoms with Gasteiger partial charge >= 0.3 is 0 Å². The molecule has 2 rings (SSSR count). The van der Waals surface area contributed by atoms with Crippen molar-refractivity contribution < 1.29 is 21.6 Å². The lowest BCUT2D eigenvalue weighted by Crippen LogP contribution is -2.44. The summed E-state index contributed by atoms with van der Waals surface area (Å²) in [6.07, 6.45) is 3.70. The number of hydrogen-bond donors (Lipinski definition) is 2. The number of carbonyl (C=O) groups is 1. The van der Waals surface area contributed by atoms with Crippen LogP contribution in [0.25, 0.3) is 6.08 Å². The molecule has 2 N–H and O–H groups in total. The molecular formula is C19H23N3O5S2. The van der Waals surface area contributed by atoms with E-state index in [1.54, 1.807) is 42.5 Å². The number of rotatable bonds is 9. The first-order valence-corrected chi connectivity index (χ1v) is 12.3. The topological polar surface area (TPSA) is 122 Å². The number of benzene rings is 1. The number of carbonyl (C=O) groups excluding carboxylic acids is 1. The van der Waals surface area contributed by atoms with E-state index >= 15 is 0 Å².